The number of aliphatic hydroxyl groups excluding tert-OH is 1. The van der Waals surface area contributed by atoms with Crippen LogP contribution in [0.15, 0.2) is 24.3 Å². The summed E-state index contributed by atoms with van der Waals surface area (Å²) in [5.74, 6) is -3.19. The van der Waals surface area contributed by atoms with Crippen LogP contribution in [-0.2, 0) is 0 Å². The number of para-hydroxylation sites is 1. The van der Waals surface area contributed by atoms with Gasteiger partial charge in [-0.2, -0.15) is 0 Å². The van der Waals surface area contributed by atoms with Gasteiger partial charge in [-0.3, -0.25) is 0 Å². The van der Waals surface area contributed by atoms with Gasteiger partial charge in [0.05, 0.1) is 12.1 Å². The first-order valence-electron chi connectivity index (χ1n) is 4.93. The number of halogens is 2. The van der Waals surface area contributed by atoms with Crippen molar-refractivity contribution < 1.29 is 13.9 Å². The summed E-state index contributed by atoms with van der Waals surface area (Å²) >= 11 is 0. The highest BCUT2D eigenvalue weighted by atomic mass is 19.3. The number of nitrogens with one attached hydrogen (secondary N) is 1. The number of aromatic nitrogens is 3. The molecule has 0 saturated heterocycles. The molecule has 0 bridgehead atoms. The minimum atomic E-state index is -3.20. The fourth-order valence-corrected chi connectivity index (χ4v) is 1.22. The molecule has 1 heterocycles. The first kappa shape index (κ1) is 11.6. The Kier molecular flexibility index (Phi) is 3.10. The van der Waals surface area contributed by atoms with Crippen LogP contribution >= 0.6 is 0 Å². The first-order chi connectivity index (χ1) is 8.11. The van der Waals surface area contributed by atoms with Crippen molar-refractivity contribution in [2.24, 2.45) is 0 Å². The van der Waals surface area contributed by atoms with Gasteiger partial charge in [-0.15, -0.1) is 10.2 Å². The predicted octanol–water partition coefficient (Wildman–Crippen LogP) is 1.06. The number of anilines is 1. The predicted molar refractivity (Wildman–Crippen MR) is 57.9 cm³/mol. The van der Waals surface area contributed by atoms with Gasteiger partial charge in [-0.05, 0) is 12.1 Å². The normalized spacial score (nSPS) is 11.7. The Labute approximate surface area is 95.5 Å². The van der Waals surface area contributed by atoms with Gasteiger partial charge in [0.1, 0.15) is 12.1 Å². The summed E-state index contributed by atoms with van der Waals surface area (Å²) in [6, 6.07) is 6.98. The number of alkyl halides is 2. The third-order valence-electron chi connectivity index (χ3n) is 2.10. The van der Waals surface area contributed by atoms with Gasteiger partial charge in [0.2, 0.25) is 5.95 Å². The molecule has 2 rings (SSSR count). The molecule has 5 nitrogen and oxygen atoms in total. The zero-order valence-electron chi connectivity index (χ0n) is 8.77. The summed E-state index contributed by atoms with van der Waals surface area (Å²) in [5, 5.41) is 18.2. The number of nitrogens with zero attached hydrogens (tertiary/aromatic N) is 3. The van der Waals surface area contributed by atoms with E-state index < -0.39 is 19.1 Å². The minimum Gasteiger partial charge on any atom is -0.390 e. The van der Waals surface area contributed by atoms with E-state index in [1.165, 1.54) is 0 Å². The lowest BCUT2D eigenvalue weighted by atomic mass is 10.3. The van der Waals surface area contributed by atoms with Crippen LogP contribution in [0.2, 0.25) is 0 Å². The number of rotatable bonds is 4. The summed E-state index contributed by atoms with van der Waals surface area (Å²) in [6.45, 7) is -1.95. The number of hydrogen-bond donors (Lipinski definition) is 2. The Hall–Kier alpha value is -1.89. The van der Waals surface area contributed by atoms with Gasteiger partial charge in [-0.1, -0.05) is 12.1 Å². The topological polar surface area (TPSA) is 70.9 Å². The second kappa shape index (κ2) is 4.54. The Morgan fingerprint density at radius 3 is 2.59 bits per heavy atom. The molecule has 17 heavy (non-hydrogen) atoms. The molecule has 0 saturated carbocycles. The largest absolute Gasteiger partial charge is 0.390 e. The molecule has 0 radical (unpaired) electrons. The summed E-state index contributed by atoms with van der Waals surface area (Å²) in [7, 11) is 0. The van der Waals surface area contributed by atoms with Crippen LogP contribution in [0.5, 0.6) is 0 Å². The van der Waals surface area contributed by atoms with Crippen molar-refractivity contribution in [3.8, 4) is 0 Å². The molecule has 0 aliphatic heterocycles. The molecule has 0 unspecified atom stereocenters. The maximum Gasteiger partial charge on any atom is 0.287 e. The summed E-state index contributed by atoms with van der Waals surface area (Å²) in [5.41, 5.74) is 1.16. The third-order valence-corrected chi connectivity index (χ3v) is 2.10. The van der Waals surface area contributed by atoms with Gasteiger partial charge in [0.25, 0.3) is 5.92 Å². The van der Waals surface area contributed by atoms with E-state index in [2.05, 4.69) is 20.5 Å². The Balaban J connectivity index is 2.14. The van der Waals surface area contributed by atoms with Crippen molar-refractivity contribution in [1.29, 1.82) is 0 Å². The van der Waals surface area contributed by atoms with E-state index in [0.29, 0.717) is 11.0 Å². The lowest BCUT2D eigenvalue weighted by Gasteiger charge is -2.13. The van der Waals surface area contributed by atoms with Crippen molar-refractivity contribution in [3.63, 3.8) is 0 Å². The average molecular weight is 240 g/mol. The lowest BCUT2D eigenvalue weighted by Crippen LogP contribution is -2.31. The van der Waals surface area contributed by atoms with E-state index in [9.17, 15) is 8.78 Å². The minimum absolute atomic E-state index is 0.0109. The SMILES string of the molecule is OCC(F)(F)CNc1nnc2ccccc2n1. The van der Waals surface area contributed by atoms with Crippen LogP contribution in [0, 0.1) is 0 Å². The van der Waals surface area contributed by atoms with Crippen LogP contribution < -0.4 is 5.32 Å². The number of benzene rings is 1. The molecule has 0 aliphatic rings. The molecule has 2 aromatic rings. The highest BCUT2D eigenvalue weighted by Crippen LogP contribution is 2.13. The second-order valence-electron chi connectivity index (χ2n) is 3.49. The molecule has 0 fully saturated rings. The molecule has 0 amide bonds. The first-order valence-corrected chi connectivity index (χ1v) is 4.93. The number of aliphatic hydroxyl groups is 1. The summed E-state index contributed by atoms with van der Waals surface area (Å²) in [4.78, 5) is 4.01. The Morgan fingerprint density at radius 1 is 1.18 bits per heavy atom. The maximum absolute atomic E-state index is 12.8. The van der Waals surface area contributed by atoms with E-state index >= 15 is 0 Å². The molecule has 0 spiro atoms. The van der Waals surface area contributed by atoms with Crippen molar-refractivity contribution >= 4 is 17.0 Å². The van der Waals surface area contributed by atoms with Gasteiger partial charge >= 0.3 is 0 Å². The molecule has 0 atom stereocenters. The second-order valence-corrected chi connectivity index (χ2v) is 3.49. The monoisotopic (exact) mass is 240 g/mol. The van der Waals surface area contributed by atoms with E-state index in [0.717, 1.165) is 0 Å². The van der Waals surface area contributed by atoms with Gasteiger partial charge in [-0.25, -0.2) is 13.8 Å². The molecule has 0 aliphatic carbocycles. The van der Waals surface area contributed by atoms with E-state index in [4.69, 9.17) is 5.11 Å². The Bertz CT molecular complexity index is 520. The fourth-order valence-electron chi connectivity index (χ4n) is 1.22. The van der Waals surface area contributed by atoms with Crippen LogP contribution in [0.3, 0.4) is 0 Å². The molecular formula is C10H10F2N4O. The van der Waals surface area contributed by atoms with Gasteiger partial charge in [0.15, 0.2) is 0 Å². The summed E-state index contributed by atoms with van der Waals surface area (Å²) in [6.07, 6.45) is 0. The molecule has 1 aromatic carbocycles. The van der Waals surface area contributed by atoms with Gasteiger partial charge < -0.3 is 10.4 Å². The zero-order chi connectivity index (χ0) is 12.3. The zero-order valence-corrected chi connectivity index (χ0v) is 8.77. The highest BCUT2D eigenvalue weighted by molar-refractivity contribution is 5.73. The Morgan fingerprint density at radius 2 is 1.88 bits per heavy atom. The molecule has 7 heteroatoms. The van der Waals surface area contributed by atoms with Crippen molar-refractivity contribution in [3.05, 3.63) is 24.3 Å². The average Bonchev–Trinajstić information content (AvgIpc) is 2.36. The summed E-state index contributed by atoms with van der Waals surface area (Å²) < 4.78 is 25.5. The van der Waals surface area contributed by atoms with Crippen molar-refractivity contribution in [2.75, 3.05) is 18.5 Å². The highest BCUT2D eigenvalue weighted by Gasteiger charge is 2.27. The van der Waals surface area contributed by atoms with Crippen LogP contribution in [-0.4, -0.2) is 39.4 Å². The smallest absolute Gasteiger partial charge is 0.287 e. The van der Waals surface area contributed by atoms with Crippen LogP contribution in [0.25, 0.3) is 11.0 Å². The number of fused-ring (bicyclic) bond motifs is 1. The molecule has 90 valence electrons. The van der Waals surface area contributed by atoms with Crippen molar-refractivity contribution in [1.82, 2.24) is 15.2 Å². The molecular weight excluding hydrogens is 230 g/mol. The standard InChI is InChI=1S/C10H10F2N4O/c11-10(12,6-17)5-13-9-14-7-3-1-2-4-8(7)15-16-9/h1-4,17H,5-6H2,(H,13,14,16). The van der Waals surface area contributed by atoms with Gasteiger partial charge in [0, 0.05) is 0 Å². The lowest BCUT2D eigenvalue weighted by molar-refractivity contribution is -0.0374. The van der Waals surface area contributed by atoms with Crippen LogP contribution in [0.1, 0.15) is 0 Å². The van der Waals surface area contributed by atoms with Crippen LogP contribution in [0.4, 0.5) is 14.7 Å². The van der Waals surface area contributed by atoms with E-state index in [1.54, 1.807) is 24.3 Å². The maximum atomic E-state index is 12.8. The quantitative estimate of drug-likeness (QED) is 0.836. The third kappa shape index (κ3) is 2.82. The fraction of sp³-hybridized carbons (Fsp3) is 0.300. The van der Waals surface area contributed by atoms with E-state index in [1.807, 2.05) is 0 Å². The van der Waals surface area contributed by atoms with Crippen molar-refractivity contribution in [2.45, 2.75) is 5.92 Å². The molecule has 2 N–H and O–H groups in total. The molecule has 1 aromatic heterocycles. The van der Waals surface area contributed by atoms with E-state index in [-0.39, 0.29) is 5.95 Å². The number of hydrogen-bond acceptors (Lipinski definition) is 5.